The maximum absolute atomic E-state index is 11.9. The second-order valence-corrected chi connectivity index (χ2v) is 6.74. The monoisotopic (exact) mass is 375 g/mol. The Labute approximate surface area is 167 Å². The molecule has 2 aromatic rings. The van der Waals surface area contributed by atoms with Gasteiger partial charge in [-0.25, -0.2) is 4.68 Å². The highest BCUT2D eigenvalue weighted by atomic mass is 16.5. The van der Waals surface area contributed by atoms with Gasteiger partial charge in [0.2, 0.25) is 5.91 Å². The number of unbranched alkanes of at least 4 members (excludes halogenated alkanes) is 1. The number of aromatic nitrogens is 4. The third kappa shape index (κ3) is 4.46. The van der Waals surface area contributed by atoms with Crippen LogP contribution in [0.25, 0.3) is 0 Å². The molecule has 2 aliphatic rings. The summed E-state index contributed by atoms with van der Waals surface area (Å²) in [4.78, 5) is 11.9. The van der Waals surface area contributed by atoms with Gasteiger partial charge in [0.15, 0.2) is 5.82 Å². The molecular formula is C20H27N5O2. The number of carbonyl (C=O) groups is 1. The van der Waals surface area contributed by atoms with Crippen molar-refractivity contribution in [1.29, 1.82) is 0 Å². The van der Waals surface area contributed by atoms with E-state index in [1.54, 1.807) is 6.07 Å². The Morgan fingerprint density at radius 3 is 3.04 bits per heavy atom. The van der Waals surface area contributed by atoms with Crippen LogP contribution >= 0.6 is 0 Å². The molecule has 0 unspecified atom stereocenters. The highest BCUT2D eigenvalue weighted by Gasteiger charge is 2.19. The summed E-state index contributed by atoms with van der Waals surface area (Å²) in [7, 11) is 0. The Bertz CT molecular complexity index is 1020. The van der Waals surface area contributed by atoms with Crippen LogP contribution in [0.2, 0.25) is 0 Å². The lowest BCUT2D eigenvalue weighted by Crippen LogP contribution is -2.18. The second-order valence-electron chi connectivity index (χ2n) is 6.74. The Morgan fingerprint density at radius 2 is 2.15 bits per heavy atom. The number of amides is 1. The highest BCUT2D eigenvalue weighted by molar-refractivity contribution is 5.93. The summed E-state index contributed by atoms with van der Waals surface area (Å²) < 4.78 is 55.2. The van der Waals surface area contributed by atoms with Crippen LogP contribution in [0.3, 0.4) is 0 Å². The molecule has 1 aromatic carbocycles. The van der Waals surface area contributed by atoms with Crippen molar-refractivity contribution < 1.29 is 17.8 Å². The summed E-state index contributed by atoms with van der Waals surface area (Å²) >= 11 is 0. The molecule has 0 bridgehead atoms. The number of fused-ring (bicyclic) bond motifs is 1. The molecule has 1 aliphatic carbocycles. The van der Waals surface area contributed by atoms with E-state index in [0.29, 0.717) is 38.0 Å². The van der Waals surface area contributed by atoms with Crippen LogP contribution in [0.4, 0.5) is 5.69 Å². The molecular weight excluding hydrogens is 342 g/mol. The predicted molar refractivity (Wildman–Crippen MR) is 102 cm³/mol. The number of nitrogens with one attached hydrogen (secondary N) is 1. The number of tetrazole rings is 1. The Hall–Kier alpha value is -2.44. The number of nitrogens with zero attached hydrogens (tertiary/aromatic N) is 4. The number of rotatable bonds is 7. The standard InChI is InChI=1S/C20H27N5O2/c26-20-12-9-15-14-17(10-11-18(15)21-20)27-13-5-4-8-19-22-23-24-25(19)16-6-2-1-3-7-16/h10-11,14,16H,1-9,12-13H2,(H,21,26)/i1D2,9D2,12D2. The van der Waals surface area contributed by atoms with Gasteiger partial charge < -0.3 is 10.1 Å². The minimum absolute atomic E-state index is 0.0561. The summed E-state index contributed by atoms with van der Waals surface area (Å²) in [5.41, 5.74) is 0.302. The van der Waals surface area contributed by atoms with Crippen molar-refractivity contribution >= 4 is 11.6 Å². The van der Waals surface area contributed by atoms with Crippen molar-refractivity contribution in [3.05, 3.63) is 29.6 Å². The SMILES string of the molecule is [2H]C1([2H])CCC(n2nnnc2CCCCOc2ccc3c(c2)C([2H])([2H])C([2H])([2H])C(=O)N3)CC1. The lowest BCUT2D eigenvalue weighted by atomic mass is 9.95. The van der Waals surface area contributed by atoms with Gasteiger partial charge in [-0.05, 0) is 66.2 Å². The molecule has 1 amide bonds. The topological polar surface area (TPSA) is 81.9 Å². The number of hydrogen-bond donors (Lipinski definition) is 1. The van der Waals surface area contributed by atoms with E-state index in [1.807, 2.05) is 4.68 Å². The molecule has 1 aliphatic heterocycles. The van der Waals surface area contributed by atoms with Crippen LogP contribution in [-0.2, 0) is 17.6 Å². The lowest BCUT2D eigenvalue weighted by Gasteiger charge is -2.22. The van der Waals surface area contributed by atoms with E-state index in [2.05, 4.69) is 20.8 Å². The van der Waals surface area contributed by atoms with Gasteiger partial charge in [0, 0.05) is 26.7 Å². The van der Waals surface area contributed by atoms with Gasteiger partial charge in [-0.2, -0.15) is 0 Å². The predicted octanol–water partition coefficient (Wildman–Crippen LogP) is 3.46. The Kier molecular flexibility index (Phi) is 3.81. The van der Waals surface area contributed by atoms with E-state index >= 15 is 0 Å². The molecule has 27 heavy (non-hydrogen) atoms. The molecule has 1 N–H and O–H groups in total. The Morgan fingerprint density at radius 1 is 1.26 bits per heavy atom. The minimum Gasteiger partial charge on any atom is -0.494 e. The van der Waals surface area contributed by atoms with Gasteiger partial charge in [-0.1, -0.05) is 19.2 Å². The van der Waals surface area contributed by atoms with Crippen LogP contribution in [0.1, 0.15) is 76.9 Å². The number of hydrogen-bond acceptors (Lipinski definition) is 5. The fraction of sp³-hybridized carbons (Fsp3) is 0.600. The molecule has 2 heterocycles. The zero-order valence-electron chi connectivity index (χ0n) is 21.1. The van der Waals surface area contributed by atoms with E-state index in [0.717, 1.165) is 25.1 Å². The van der Waals surface area contributed by atoms with E-state index in [-0.39, 0.29) is 17.3 Å². The average Bonchev–Trinajstić information content (AvgIpc) is 3.21. The van der Waals surface area contributed by atoms with Gasteiger partial charge in [0.1, 0.15) is 5.75 Å². The molecule has 1 aromatic heterocycles. The number of anilines is 1. The molecule has 0 radical (unpaired) electrons. The first-order valence-corrected chi connectivity index (χ1v) is 9.37. The molecule has 7 heteroatoms. The average molecular weight is 376 g/mol. The first-order valence-electron chi connectivity index (χ1n) is 12.4. The third-order valence-corrected chi connectivity index (χ3v) is 4.83. The molecule has 7 nitrogen and oxygen atoms in total. The quantitative estimate of drug-likeness (QED) is 0.750. The molecule has 0 atom stereocenters. The van der Waals surface area contributed by atoms with Crippen molar-refractivity contribution in [3.8, 4) is 5.75 Å². The smallest absolute Gasteiger partial charge is 0.224 e. The normalized spacial score (nSPS) is 26.3. The largest absolute Gasteiger partial charge is 0.494 e. The number of benzene rings is 1. The first-order chi connectivity index (χ1) is 15.5. The fourth-order valence-electron chi connectivity index (χ4n) is 3.39. The van der Waals surface area contributed by atoms with E-state index in [1.165, 1.54) is 12.1 Å². The van der Waals surface area contributed by atoms with Crippen LogP contribution in [0, 0.1) is 0 Å². The van der Waals surface area contributed by atoms with Crippen molar-refractivity contribution in [1.82, 2.24) is 20.2 Å². The minimum atomic E-state index is -2.68. The molecule has 0 spiro atoms. The van der Waals surface area contributed by atoms with Gasteiger partial charge >= 0.3 is 0 Å². The van der Waals surface area contributed by atoms with Crippen molar-refractivity contribution in [2.75, 3.05) is 11.9 Å². The van der Waals surface area contributed by atoms with Gasteiger partial charge in [0.25, 0.3) is 0 Å². The summed E-state index contributed by atoms with van der Waals surface area (Å²) in [5, 5.41) is 14.4. The first kappa shape index (κ1) is 12.1. The molecule has 1 fully saturated rings. The van der Waals surface area contributed by atoms with Crippen molar-refractivity contribution in [3.63, 3.8) is 0 Å². The summed E-state index contributed by atoms with van der Waals surface area (Å²) in [6.45, 7) is 0.381. The maximum Gasteiger partial charge on any atom is 0.224 e. The van der Waals surface area contributed by atoms with Crippen LogP contribution in [0.5, 0.6) is 5.75 Å². The zero-order valence-corrected chi connectivity index (χ0v) is 15.1. The summed E-state index contributed by atoms with van der Waals surface area (Å²) in [5.74, 6) is 0.191. The molecule has 0 saturated heterocycles. The maximum atomic E-state index is 11.9. The van der Waals surface area contributed by atoms with E-state index in [4.69, 9.17) is 13.0 Å². The van der Waals surface area contributed by atoms with Gasteiger partial charge in [-0.3, -0.25) is 4.79 Å². The van der Waals surface area contributed by atoms with E-state index < -0.39 is 25.0 Å². The third-order valence-electron chi connectivity index (χ3n) is 4.83. The second kappa shape index (κ2) is 8.50. The molecule has 4 rings (SSSR count). The number of ether oxygens (including phenoxy) is 1. The Balaban J connectivity index is 1.29. The van der Waals surface area contributed by atoms with Crippen LogP contribution in [0.15, 0.2) is 18.2 Å². The molecule has 144 valence electrons. The van der Waals surface area contributed by atoms with Crippen LogP contribution in [-0.4, -0.2) is 32.7 Å². The van der Waals surface area contributed by atoms with Crippen molar-refractivity contribution in [2.45, 2.75) is 70.1 Å². The van der Waals surface area contributed by atoms with Crippen LogP contribution < -0.4 is 10.1 Å². The van der Waals surface area contributed by atoms with E-state index in [9.17, 15) is 4.79 Å². The lowest BCUT2D eigenvalue weighted by molar-refractivity contribution is -0.116. The number of carbonyl (C=O) groups excluding carboxylic acids is 1. The fourth-order valence-corrected chi connectivity index (χ4v) is 3.39. The summed E-state index contributed by atoms with van der Waals surface area (Å²) in [6.07, 6.45) is -1.64. The highest BCUT2D eigenvalue weighted by Crippen LogP contribution is 2.28. The number of aryl methyl sites for hydroxylation is 2. The van der Waals surface area contributed by atoms with Crippen molar-refractivity contribution in [2.24, 2.45) is 0 Å². The zero-order chi connectivity index (χ0) is 23.9. The van der Waals surface area contributed by atoms with Gasteiger partial charge in [0.05, 0.1) is 12.6 Å². The summed E-state index contributed by atoms with van der Waals surface area (Å²) in [6, 6.07) is 4.71. The van der Waals surface area contributed by atoms with Gasteiger partial charge in [-0.15, -0.1) is 5.10 Å². The molecule has 1 saturated carbocycles.